The van der Waals surface area contributed by atoms with E-state index in [0.29, 0.717) is 30.2 Å². The van der Waals surface area contributed by atoms with Crippen LogP contribution in [0.1, 0.15) is 69.7 Å². The fourth-order valence-corrected chi connectivity index (χ4v) is 9.49. The van der Waals surface area contributed by atoms with Crippen molar-refractivity contribution in [3.63, 3.8) is 0 Å². The number of methoxy groups -OCH3 is 3. The van der Waals surface area contributed by atoms with E-state index in [1.54, 1.807) is 18.2 Å². The Morgan fingerprint density at radius 2 is 0.972 bits per heavy atom. The van der Waals surface area contributed by atoms with Crippen LogP contribution in [0, 0.1) is 13.8 Å². The maximum absolute atomic E-state index is 13.2. The van der Waals surface area contributed by atoms with Crippen LogP contribution in [-0.4, -0.2) is 65.5 Å². The molecule has 72 heavy (non-hydrogen) atoms. The Labute approximate surface area is 424 Å². The number of ether oxygens (including phenoxy) is 4. The topological polar surface area (TPSA) is 153 Å². The molecule has 0 fully saturated rings. The van der Waals surface area contributed by atoms with Crippen molar-refractivity contribution in [2.24, 2.45) is 0 Å². The van der Waals surface area contributed by atoms with Crippen molar-refractivity contribution in [1.29, 1.82) is 0 Å². The van der Waals surface area contributed by atoms with E-state index in [9.17, 15) is 22.8 Å². The molecule has 1 amide bonds. The van der Waals surface area contributed by atoms with Crippen molar-refractivity contribution in [3.8, 4) is 5.75 Å². The van der Waals surface area contributed by atoms with Crippen LogP contribution in [0.2, 0.25) is 0 Å². The van der Waals surface area contributed by atoms with Gasteiger partial charge in [-0.1, -0.05) is 97.1 Å². The standard InChI is InChI=1S/C30H32N2O5S.C28H34N2O4/c1-21-9-5-6-10-23(21)20-32(22(2)19-30(33)37-4)29-18-17-28(26-11-7-8-12-27(26)29)31-38(34,35)25-15-13-24(36-3)14-16-25;1-19-11-7-8-12-21(19)18-30(20(2)17-26(31)33-6)25-16-15-24(22-13-9-10-14-23(22)25)29-27(32)34-28(3,4)5/h5-18,22,31H,19-20H2,1-4H3;7-16,20H,17-18H2,1-6H3,(H,29,32)/t22-;20-/m00/s1. The van der Waals surface area contributed by atoms with Crippen LogP contribution in [0.5, 0.6) is 5.75 Å². The number of carbonyl (C=O) groups is 3. The number of esters is 2. The first-order chi connectivity index (χ1) is 34.3. The highest BCUT2D eigenvalue weighted by atomic mass is 32.2. The Balaban J connectivity index is 0.000000237. The highest BCUT2D eigenvalue weighted by Crippen LogP contribution is 2.38. The first kappa shape index (κ1) is 53.8. The van der Waals surface area contributed by atoms with Crippen molar-refractivity contribution in [3.05, 3.63) is 168 Å². The van der Waals surface area contributed by atoms with Gasteiger partial charge in [0.2, 0.25) is 0 Å². The van der Waals surface area contributed by atoms with Gasteiger partial charge < -0.3 is 28.7 Å². The van der Waals surface area contributed by atoms with Gasteiger partial charge >= 0.3 is 18.0 Å². The molecule has 2 atom stereocenters. The van der Waals surface area contributed by atoms with Crippen LogP contribution < -0.4 is 24.6 Å². The summed E-state index contributed by atoms with van der Waals surface area (Å²) in [5.41, 5.74) is 7.07. The summed E-state index contributed by atoms with van der Waals surface area (Å²) in [5, 5.41) is 6.37. The van der Waals surface area contributed by atoms with Gasteiger partial charge in [-0.05, 0) is 119 Å². The predicted molar refractivity (Wildman–Crippen MR) is 288 cm³/mol. The van der Waals surface area contributed by atoms with Gasteiger partial charge in [0.25, 0.3) is 10.0 Å². The van der Waals surface area contributed by atoms with Gasteiger partial charge in [-0.3, -0.25) is 19.6 Å². The molecule has 0 saturated carbocycles. The lowest BCUT2D eigenvalue weighted by Gasteiger charge is -2.33. The summed E-state index contributed by atoms with van der Waals surface area (Å²) >= 11 is 0. The van der Waals surface area contributed by atoms with E-state index < -0.39 is 21.7 Å². The normalized spacial score (nSPS) is 12.1. The van der Waals surface area contributed by atoms with Crippen LogP contribution in [0.3, 0.4) is 0 Å². The van der Waals surface area contributed by atoms with Gasteiger partial charge in [-0.25, -0.2) is 13.2 Å². The third-order valence-electron chi connectivity index (χ3n) is 12.3. The number of sulfonamides is 1. The number of hydrogen-bond acceptors (Lipinski definition) is 11. The molecule has 0 aromatic heterocycles. The quantitative estimate of drug-likeness (QED) is 0.0662. The molecular weight excluding hydrogens is 929 g/mol. The van der Waals surface area contributed by atoms with Crippen LogP contribution in [0.4, 0.5) is 27.5 Å². The minimum Gasteiger partial charge on any atom is -0.497 e. The zero-order valence-electron chi connectivity index (χ0n) is 42.8. The number of benzene rings is 7. The lowest BCUT2D eigenvalue weighted by Crippen LogP contribution is -2.35. The van der Waals surface area contributed by atoms with Crippen LogP contribution in [-0.2, 0) is 46.9 Å². The molecule has 7 rings (SSSR count). The average molecular weight is 995 g/mol. The van der Waals surface area contributed by atoms with Crippen molar-refractivity contribution in [2.75, 3.05) is 41.2 Å². The van der Waals surface area contributed by atoms with Gasteiger partial charge in [0.1, 0.15) is 11.4 Å². The summed E-state index contributed by atoms with van der Waals surface area (Å²) in [6, 6.07) is 45.5. The number of aryl methyl sites for hydroxylation is 2. The summed E-state index contributed by atoms with van der Waals surface area (Å²) in [6.07, 6.45) is -0.0294. The van der Waals surface area contributed by atoms with E-state index in [0.717, 1.165) is 44.0 Å². The fourth-order valence-electron chi connectivity index (χ4n) is 8.41. The van der Waals surface area contributed by atoms with Gasteiger partial charge in [0.15, 0.2) is 0 Å². The fraction of sp³-hybridized carbons (Fsp3) is 0.293. The van der Waals surface area contributed by atoms with Crippen LogP contribution >= 0.6 is 0 Å². The Bertz CT molecular complexity index is 3120. The number of nitrogens with zero attached hydrogens (tertiary/aromatic N) is 2. The molecule has 2 N–H and O–H groups in total. The molecule has 0 unspecified atom stereocenters. The predicted octanol–water partition coefficient (Wildman–Crippen LogP) is 12.4. The smallest absolute Gasteiger partial charge is 0.412 e. The summed E-state index contributed by atoms with van der Waals surface area (Å²) in [7, 11) is 0.497. The van der Waals surface area contributed by atoms with Crippen LogP contribution in [0.15, 0.2) is 150 Å². The number of nitrogens with one attached hydrogen (secondary N) is 2. The average Bonchev–Trinajstić information content (AvgIpc) is 3.35. The molecule has 0 spiro atoms. The molecule has 0 heterocycles. The summed E-state index contributed by atoms with van der Waals surface area (Å²) < 4.78 is 49.6. The second-order valence-electron chi connectivity index (χ2n) is 18.6. The first-order valence-electron chi connectivity index (χ1n) is 23.8. The van der Waals surface area contributed by atoms with E-state index in [1.165, 1.54) is 44.6 Å². The SMILES string of the molecule is COC(=O)C[C@H](C)N(Cc1ccccc1C)c1ccc(NC(=O)OC(C)(C)C)c2ccccc12.COC(=O)C[C@H](C)N(Cc1ccccc1C)c1ccc(NS(=O)(=O)c2ccc(OC)cc2)c2ccccc12. The number of anilines is 4. The lowest BCUT2D eigenvalue weighted by atomic mass is 10.0. The van der Waals surface area contributed by atoms with E-state index in [1.807, 2.05) is 126 Å². The van der Waals surface area contributed by atoms with E-state index in [-0.39, 0.29) is 41.8 Å². The molecule has 0 radical (unpaired) electrons. The summed E-state index contributed by atoms with van der Waals surface area (Å²) in [5.74, 6) is 0.0313. The Kier molecular flexibility index (Phi) is 17.9. The van der Waals surface area contributed by atoms with E-state index in [2.05, 4.69) is 58.0 Å². The number of amides is 1. The zero-order chi connectivity index (χ0) is 52.2. The third kappa shape index (κ3) is 13.8. The molecule has 0 saturated heterocycles. The Hall–Kier alpha value is -7.58. The van der Waals surface area contributed by atoms with Gasteiger partial charge in [-0.2, -0.15) is 0 Å². The van der Waals surface area contributed by atoms with Crippen molar-refractivity contribution >= 4 is 72.3 Å². The van der Waals surface area contributed by atoms with Crippen molar-refractivity contribution in [1.82, 2.24) is 0 Å². The molecule has 7 aromatic carbocycles. The van der Waals surface area contributed by atoms with Gasteiger partial charge in [-0.15, -0.1) is 0 Å². The number of hydrogen-bond donors (Lipinski definition) is 2. The second kappa shape index (κ2) is 24.0. The molecule has 7 aromatic rings. The molecular formula is C58H66N4O9S. The largest absolute Gasteiger partial charge is 0.497 e. The van der Waals surface area contributed by atoms with E-state index >= 15 is 0 Å². The highest BCUT2D eigenvalue weighted by molar-refractivity contribution is 7.92. The van der Waals surface area contributed by atoms with Gasteiger partial charge in [0, 0.05) is 58.1 Å². The van der Waals surface area contributed by atoms with Crippen molar-refractivity contribution < 1.29 is 41.7 Å². The molecule has 0 aliphatic heterocycles. The molecule has 13 nitrogen and oxygen atoms in total. The maximum Gasteiger partial charge on any atom is 0.412 e. The highest BCUT2D eigenvalue weighted by Gasteiger charge is 2.25. The number of fused-ring (bicyclic) bond motifs is 2. The molecule has 378 valence electrons. The molecule has 14 heteroatoms. The monoisotopic (exact) mass is 994 g/mol. The zero-order valence-corrected chi connectivity index (χ0v) is 43.6. The lowest BCUT2D eigenvalue weighted by molar-refractivity contribution is -0.141. The summed E-state index contributed by atoms with van der Waals surface area (Å²) in [6.45, 7) is 14.9. The maximum atomic E-state index is 13.2. The van der Waals surface area contributed by atoms with Crippen LogP contribution in [0.25, 0.3) is 21.5 Å². The molecule has 0 aliphatic carbocycles. The van der Waals surface area contributed by atoms with E-state index in [4.69, 9.17) is 18.9 Å². The van der Waals surface area contributed by atoms with Crippen molar-refractivity contribution in [2.45, 2.75) is 97.0 Å². The third-order valence-corrected chi connectivity index (χ3v) is 13.7. The number of carbonyl (C=O) groups excluding carboxylic acids is 3. The molecule has 0 aliphatic rings. The second-order valence-corrected chi connectivity index (χ2v) is 20.3. The minimum absolute atomic E-state index is 0.111. The first-order valence-corrected chi connectivity index (χ1v) is 25.3. The molecule has 0 bridgehead atoms. The Morgan fingerprint density at radius 1 is 0.556 bits per heavy atom. The minimum atomic E-state index is -3.83. The summed E-state index contributed by atoms with van der Waals surface area (Å²) in [4.78, 5) is 41.3. The Morgan fingerprint density at radius 3 is 1.40 bits per heavy atom. The van der Waals surface area contributed by atoms with Gasteiger partial charge in [0.05, 0.1) is 50.4 Å². The number of rotatable bonds is 17.